The van der Waals surface area contributed by atoms with Crippen LogP contribution in [0.4, 0.5) is 0 Å². The van der Waals surface area contributed by atoms with Crippen LogP contribution in [0.1, 0.15) is 34.7 Å². The topological polar surface area (TPSA) is 28.4 Å². The summed E-state index contributed by atoms with van der Waals surface area (Å²) < 4.78 is 5.11. The van der Waals surface area contributed by atoms with Crippen LogP contribution in [0.15, 0.2) is 29.1 Å². The summed E-state index contributed by atoms with van der Waals surface area (Å²) in [5.41, 5.74) is 2.66. The predicted molar refractivity (Wildman–Crippen MR) is 84.9 cm³/mol. The SMILES string of the molecule is Cc1sc(CNC(C)C)cc1CN(C)Cc1ccoc1. The van der Waals surface area contributed by atoms with Crippen molar-refractivity contribution in [2.45, 2.75) is 46.4 Å². The van der Waals surface area contributed by atoms with Crippen molar-refractivity contribution in [3.05, 3.63) is 45.5 Å². The summed E-state index contributed by atoms with van der Waals surface area (Å²) in [5, 5.41) is 3.48. The highest BCUT2D eigenvalue weighted by Crippen LogP contribution is 2.23. The lowest BCUT2D eigenvalue weighted by molar-refractivity contribution is 0.317. The van der Waals surface area contributed by atoms with Crippen molar-refractivity contribution >= 4 is 11.3 Å². The van der Waals surface area contributed by atoms with Gasteiger partial charge >= 0.3 is 0 Å². The second-order valence-electron chi connectivity index (χ2n) is 5.63. The van der Waals surface area contributed by atoms with Gasteiger partial charge in [0.1, 0.15) is 0 Å². The number of nitrogens with one attached hydrogen (secondary N) is 1. The first-order valence-electron chi connectivity index (χ1n) is 7.05. The molecule has 2 aromatic heterocycles. The summed E-state index contributed by atoms with van der Waals surface area (Å²) in [6.07, 6.45) is 3.55. The van der Waals surface area contributed by atoms with Gasteiger partial charge in [-0.1, -0.05) is 13.8 Å². The van der Waals surface area contributed by atoms with E-state index in [-0.39, 0.29) is 0 Å². The van der Waals surface area contributed by atoms with E-state index >= 15 is 0 Å². The van der Waals surface area contributed by atoms with Crippen molar-refractivity contribution < 1.29 is 4.42 Å². The molecule has 0 aromatic carbocycles. The van der Waals surface area contributed by atoms with Crippen LogP contribution in [0.3, 0.4) is 0 Å². The van der Waals surface area contributed by atoms with E-state index in [0.29, 0.717) is 6.04 Å². The molecule has 2 aromatic rings. The zero-order valence-corrected chi connectivity index (χ0v) is 13.6. The second kappa shape index (κ2) is 7.07. The van der Waals surface area contributed by atoms with E-state index in [1.807, 2.05) is 23.7 Å². The molecule has 2 heterocycles. The summed E-state index contributed by atoms with van der Waals surface area (Å²) in [5.74, 6) is 0. The van der Waals surface area contributed by atoms with Crippen LogP contribution in [0.5, 0.6) is 0 Å². The van der Waals surface area contributed by atoms with E-state index in [9.17, 15) is 0 Å². The maximum absolute atomic E-state index is 5.11. The number of hydrogen-bond acceptors (Lipinski definition) is 4. The molecule has 0 radical (unpaired) electrons. The van der Waals surface area contributed by atoms with Crippen molar-refractivity contribution in [2.24, 2.45) is 0 Å². The van der Waals surface area contributed by atoms with Gasteiger partial charge in [0.25, 0.3) is 0 Å². The van der Waals surface area contributed by atoms with Gasteiger partial charge in [-0.3, -0.25) is 4.90 Å². The van der Waals surface area contributed by atoms with Gasteiger partial charge in [0, 0.05) is 41.0 Å². The third kappa shape index (κ3) is 4.47. The van der Waals surface area contributed by atoms with Crippen molar-refractivity contribution in [3.63, 3.8) is 0 Å². The monoisotopic (exact) mass is 292 g/mol. The first-order chi connectivity index (χ1) is 9.54. The highest BCUT2D eigenvalue weighted by molar-refractivity contribution is 7.12. The molecular weight excluding hydrogens is 268 g/mol. The molecule has 4 heteroatoms. The van der Waals surface area contributed by atoms with Crippen LogP contribution in [-0.2, 0) is 19.6 Å². The van der Waals surface area contributed by atoms with Crippen LogP contribution >= 0.6 is 11.3 Å². The Balaban J connectivity index is 1.91. The first-order valence-corrected chi connectivity index (χ1v) is 7.87. The third-order valence-electron chi connectivity index (χ3n) is 3.23. The van der Waals surface area contributed by atoms with Crippen LogP contribution in [-0.4, -0.2) is 18.0 Å². The molecular formula is C16H24N2OS. The largest absolute Gasteiger partial charge is 0.472 e. The van der Waals surface area contributed by atoms with Crippen LogP contribution in [0.2, 0.25) is 0 Å². The number of nitrogens with zero attached hydrogens (tertiary/aromatic N) is 1. The maximum atomic E-state index is 5.11. The molecule has 0 unspecified atom stereocenters. The minimum atomic E-state index is 0.532. The van der Waals surface area contributed by atoms with Crippen LogP contribution in [0, 0.1) is 6.92 Å². The number of aryl methyl sites for hydroxylation is 1. The van der Waals surface area contributed by atoms with Crippen LogP contribution in [0.25, 0.3) is 0 Å². The molecule has 3 nitrogen and oxygen atoms in total. The average molecular weight is 292 g/mol. The molecule has 0 amide bonds. The molecule has 0 aliphatic rings. The first kappa shape index (κ1) is 15.3. The molecule has 20 heavy (non-hydrogen) atoms. The lowest BCUT2D eigenvalue weighted by Crippen LogP contribution is -2.21. The smallest absolute Gasteiger partial charge is 0.0947 e. The van der Waals surface area contributed by atoms with Gasteiger partial charge in [-0.15, -0.1) is 11.3 Å². The Morgan fingerprint density at radius 1 is 1.35 bits per heavy atom. The van der Waals surface area contributed by atoms with Gasteiger partial charge in [0.05, 0.1) is 12.5 Å². The van der Waals surface area contributed by atoms with E-state index in [1.165, 1.54) is 20.9 Å². The van der Waals surface area contributed by atoms with Crippen molar-refractivity contribution in [1.82, 2.24) is 10.2 Å². The Labute approximate surface area is 125 Å². The maximum Gasteiger partial charge on any atom is 0.0947 e. The lowest BCUT2D eigenvalue weighted by atomic mass is 10.2. The summed E-state index contributed by atoms with van der Waals surface area (Å²) in [7, 11) is 2.15. The van der Waals surface area contributed by atoms with E-state index in [2.05, 4.69) is 44.1 Å². The molecule has 0 saturated heterocycles. The van der Waals surface area contributed by atoms with Crippen molar-refractivity contribution in [2.75, 3.05) is 7.05 Å². The highest BCUT2D eigenvalue weighted by Gasteiger charge is 2.09. The minimum absolute atomic E-state index is 0.532. The predicted octanol–water partition coefficient (Wildman–Crippen LogP) is 3.78. The quantitative estimate of drug-likeness (QED) is 0.842. The summed E-state index contributed by atoms with van der Waals surface area (Å²) in [6, 6.07) is 4.89. The summed E-state index contributed by atoms with van der Waals surface area (Å²) >= 11 is 1.90. The molecule has 1 N–H and O–H groups in total. The number of hydrogen-bond donors (Lipinski definition) is 1. The molecule has 0 aliphatic carbocycles. The Kier molecular flexibility index (Phi) is 5.40. The molecule has 0 aliphatic heterocycles. The fourth-order valence-electron chi connectivity index (χ4n) is 2.18. The van der Waals surface area contributed by atoms with E-state index in [4.69, 9.17) is 4.42 Å². The number of furan rings is 1. The summed E-state index contributed by atoms with van der Waals surface area (Å²) in [4.78, 5) is 5.16. The number of thiophene rings is 1. The molecule has 0 fully saturated rings. The molecule has 0 saturated carbocycles. The number of rotatable bonds is 7. The normalized spacial score (nSPS) is 11.7. The van der Waals surface area contributed by atoms with Crippen molar-refractivity contribution in [1.29, 1.82) is 0 Å². The minimum Gasteiger partial charge on any atom is -0.472 e. The summed E-state index contributed by atoms with van der Waals surface area (Å²) in [6.45, 7) is 9.44. The fraction of sp³-hybridized carbons (Fsp3) is 0.500. The van der Waals surface area contributed by atoms with Gasteiger partial charge in [-0.05, 0) is 31.7 Å². The lowest BCUT2D eigenvalue weighted by Gasteiger charge is -2.15. The molecule has 0 spiro atoms. The van der Waals surface area contributed by atoms with Gasteiger partial charge in [-0.25, -0.2) is 0 Å². The van der Waals surface area contributed by atoms with Gasteiger partial charge in [-0.2, -0.15) is 0 Å². The standard InChI is InChI=1S/C16H24N2OS/c1-12(2)17-8-16-7-15(13(3)20-16)10-18(4)9-14-5-6-19-11-14/h5-7,11-12,17H,8-10H2,1-4H3. The molecule has 2 rings (SSSR count). The highest BCUT2D eigenvalue weighted by atomic mass is 32.1. The Hall–Kier alpha value is -1.10. The van der Waals surface area contributed by atoms with E-state index in [0.717, 1.165) is 19.6 Å². The Morgan fingerprint density at radius 3 is 2.80 bits per heavy atom. The van der Waals surface area contributed by atoms with Crippen LogP contribution < -0.4 is 5.32 Å². The van der Waals surface area contributed by atoms with Gasteiger partial charge < -0.3 is 9.73 Å². The van der Waals surface area contributed by atoms with Gasteiger partial charge in [0.15, 0.2) is 0 Å². The van der Waals surface area contributed by atoms with E-state index < -0.39 is 0 Å². The Bertz CT molecular complexity index is 517. The Morgan fingerprint density at radius 2 is 2.15 bits per heavy atom. The third-order valence-corrected chi connectivity index (χ3v) is 4.32. The van der Waals surface area contributed by atoms with Gasteiger partial charge in [0.2, 0.25) is 0 Å². The molecule has 110 valence electrons. The molecule has 0 atom stereocenters. The van der Waals surface area contributed by atoms with E-state index in [1.54, 1.807) is 6.26 Å². The average Bonchev–Trinajstić information content (AvgIpc) is 2.98. The van der Waals surface area contributed by atoms with Crippen molar-refractivity contribution in [3.8, 4) is 0 Å². The zero-order chi connectivity index (χ0) is 14.5. The zero-order valence-electron chi connectivity index (χ0n) is 12.8. The second-order valence-corrected chi connectivity index (χ2v) is 6.97. The fourth-order valence-corrected chi connectivity index (χ4v) is 3.18. The molecule has 0 bridgehead atoms.